The van der Waals surface area contributed by atoms with Gasteiger partial charge in [-0.15, -0.1) is 0 Å². The molecule has 5 nitrogen and oxygen atoms in total. The number of benzene rings is 2. The van der Waals surface area contributed by atoms with Crippen LogP contribution < -0.4 is 10.2 Å². The first-order chi connectivity index (χ1) is 13.5. The summed E-state index contributed by atoms with van der Waals surface area (Å²) in [6.07, 6.45) is 0. The zero-order valence-corrected chi connectivity index (χ0v) is 17.0. The summed E-state index contributed by atoms with van der Waals surface area (Å²) in [5.74, 6) is 0.0548. The first-order valence-corrected chi connectivity index (χ1v) is 9.76. The molecule has 1 aromatic heterocycles. The number of anilines is 2. The Morgan fingerprint density at radius 1 is 1.14 bits per heavy atom. The number of morpholine rings is 1. The number of furan rings is 1. The number of nitrogens with zero attached hydrogens (tertiary/aromatic N) is 1. The van der Waals surface area contributed by atoms with Gasteiger partial charge in [0.15, 0.2) is 5.76 Å². The van der Waals surface area contributed by atoms with Crippen molar-refractivity contribution in [2.24, 2.45) is 0 Å². The van der Waals surface area contributed by atoms with Crippen LogP contribution >= 0.6 is 11.6 Å². The lowest BCUT2D eigenvalue weighted by molar-refractivity contribution is 0.0998. The fourth-order valence-corrected chi connectivity index (χ4v) is 4.08. The van der Waals surface area contributed by atoms with Crippen molar-refractivity contribution in [3.63, 3.8) is 0 Å². The summed E-state index contributed by atoms with van der Waals surface area (Å²) in [5, 5.41) is 4.58. The molecule has 0 atom stereocenters. The normalized spacial score (nSPS) is 14.5. The van der Waals surface area contributed by atoms with Crippen molar-refractivity contribution >= 4 is 39.9 Å². The molecule has 28 heavy (non-hydrogen) atoms. The van der Waals surface area contributed by atoms with E-state index in [0.717, 1.165) is 46.4 Å². The number of rotatable bonds is 3. The van der Waals surface area contributed by atoms with Crippen molar-refractivity contribution in [2.45, 2.75) is 20.8 Å². The molecule has 6 heteroatoms. The molecule has 0 radical (unpaired) electrons. The topological polar surface area (TPSA) is 54.7 Å². The molecule has 146 valence electrons. The number of halogens is 1. The number of amides is 1. The van der Waals surface area contributed by atoms with Crippen LogP contribution in [0, 0.1) is 20.8 Å². The molecule has 1 aliphatic heterocycles. The molecule has 4 rings (SSSR count). The minimum absolute atomic E-state index is 0.275. The third-order valence-electron chi connectivity index (χ3n) is 5.14. The van der Waals surface area contributed by atoms with Crippen molar-refractivity contribution in [2.75, 3.05) is 36.5 Å². The molecule has 1 aliphatic rings. The predicted molar refractivity (Wildman–Crippen MR) is 113 cm³/mol. The maximum absolute atomic E-state index is 13.1. The van der Waals surface area contributed by atoms with Gasteiger partial charge in [-0.25, -0.2) is 0 Å². The first kappa shape index (κ1) is 18.8. The Morgan fingerprint density at radius 3 is 2.64 bits per heavy atom. The molecule has 1 fully saturated rings. The van der Waals surface area contributed by atoms with Gasteiger partial charge < -0.3 is 19.4 Å². The van der Waals surface area contributed by atoms with Crippen LogP contribution in [0.1, 0.15) is 27.2 Å². The lowest BCUT2D eigenvalue weighted by Gasteiger charge is -2.31. The number of ether oxygens (including phenoxy) is 1. The number of carbonyl (C=O) groups excluding carboxylic acids is 1. The van der Waals surface area contributed by atoms with Gasteiger partial charge in [-0.2, -0.15) is 0 Å². The minimum atomic E-state index is -0.275. The summed E-state index contributed by atoms with van der Waals surface area (Å²) in [4.78, 5) is 15.2. The van der Waals surface area contributed by atoms with Crippen LogP contribution in [0.25, 0.3) is 11.0 Å². The number of hydrogen-bond acceptors (Lipinski definition) is 4. The Bertz CT molecular complexity index is 1050. The number of aryl methyl sites for hydroxylation is 3. The van der Waals surface area contributed by atoms with Gasteiger partial charge in [0.2, 0.25) is 0 Å². The molecular weight excluding hydrogens is 376 g/mol. The molecule has 1 N–H and O–H groups in total. The highest BCUT2D eigenvalue weighted by Gasteiger charge is 2.23. The molecular formula is C22H23ClN2O3. The van der Waals surface area contributed by atoms with Crippen molar-refractivity contribution in [1.82, 2.24) is 0 Å². The number of hydrogen-bond donors (Lipinski definition) is 1. The van der Waals surface area contributed by atoms with Gasteiger partial charge in [-0.1, -0.05) is 23.7 Å². The Kier molecular flexibility index (Phi) is 5.04. The Labute approximate surface area is 169 Å². The second kappa shape index (κ2) is 7.49. The van der Waals surface area contributed by atoms with Crippen LogP contribution in [-0.4, -0.2) is 32.2 Å². The lowest BCUT2D eigenvalue weighted by Crippen LogP contribution is -2.37. The highest BCUT2D eigenvalue weighted by molar-refractivity contribution is 6.34. The fourth-order valence-electron chi connectivity index (χ4n) is 3.79. The smallest absolute Gasteiger partial charge is 0.291 e. The summed E-state index contributed by atoms with van der Waals surface area (Å²) in [6, 6.07) is 9.64. The monoisotopic (exact) mass is 398 g/mol. The first-order valence-electron chi connectivity index (χ1n) is 9.38. The van der Waals surface area contributed by atoms with Crippen LogP contribution in [-0.2, 0) is 4.74 Å². The number of carbonyl (C=O) groups is 1. The number of fused-ring (bicyclic) bond motifs is 1. The van der Waals surface area contributed by atoms with Crippen molar-refractivity contribution < 1.29 is 13.9 Å². The van der Waals surface area contributed by atoms with Gasteiger partial charge in [0.25, 0.3) is 5.91 Å². The van der Waals surface area contributed by atoms with E-state index in [4.69, 9.17) is 20.8 Å². The second-order valence-electron chi connectivity index (χ2n) is 7.20. The highest BCUT2D eigenvalue weighted by Crippen LogP contribution is 2.35. The Hall–Kier alpha value is -2.50. The molecule has 2 heterocycles. The van der Waals surface area contributed by atoms with Gasteiger partial charge in [0.1, 0.15) is 5.58 Å². The quantitative estimate of drug-likeness (QED) is 0.666. The number of nitrogens with one attached hydrogen (secondary N) is 1. The molecule has 0 unspecified atom stereocenters. The molecule has 2 aromatic carbocycles. The Balaban J connectivity index is 1.70. The summed E-state index contributed by atoms with van der Waals surface area (Å²) < 4.78 is 11.4. The van der Waals surface area contributed by atoms with Crippen LogP contribution in [0.5, 0.6) is 0 Å². The van der Waals surface area contributed by atoms with E-state index in [-0.39, 0.29) is 5.91 Å². The average molecular weight is 399 g/mol. The molecule has 1 saturated heterocycles. The zero-order chi connectivity index (χ0) is 19.8. The van der Waals surface area contributed by atoms with Crippen LogP contribution in [0.2, 0.25) is 5.02 Å². The second-order valence-corrected chi connectivity index (χ2v) is 7.61. The van der Waals surface area contributed by atoms with Crippen LogP contribution in [0.15, 0.2) is 34.7 Å². The van der Waals surface area contributed by atoms with E-state index >= 15 is 0 Å². The van der Waals surface area contributed by atoms with Crippen molar-refractivity contribution in [3.8, 4) is 0 Å². The van der Waals surface area contributed by atoms with Gasteiger partial charge in [-0.05, 0) is 50.1 Å². The predicted octanol–water partition coefficient (Wildman–Crippen LogP) is 5.10. The van der Waals surface area contributed by atoms with Crippen LogP contribution in [0.3, 0.4) is 0 Å². The Morgan fingerprint density at radius 2 is 1.89 bits per heavy atom. The highest BCUT2D eigenvalue weighted by atomic mass is 35.5. The van der Waals surface area contributed by atoms with E-state index in [2.05, 4.69) is 22.3 Å². The third kappa shape index (κ3) is 3.36. The maximum Gasteiger partial charge on any atom is 0.291 e. The summed E-state index contributed by atoms with van der Waals surface area (Å²) in [7, 11) is 0. The fraction of sp³-hybridized carbons (Fsp3) is 0.318. The lowest BCUT2D eigenvalue weighted by atomic mass is 10.1. The average Bonchev–Trinajstić information content (AvgIpc) is 3.00. The van der Waals surface area contributed by atoms with E-state index < -0.39 is 0 Å². The summed E-state index contributed by atoms with van der Waals surface area (Å²) >= 11 is 6.47. The van der Waals surface area contributed by atoms with Crippen molar-refractivity contribution in [3.05, 3.63) is 57.8 Å². The summed E-state index contributed by atoms with van der Waals surface area (Å²) in [5.41, 5.74) is 5.26. The van der Waals surface area contributed by atoms with Gasteiger partial charge >= 0.3 is 0 Å². The standard InChI is InChI=1S/C22H23ClN2O3/c1-13-11-14(2)20-16(12-13)15(3)21(28-20)22(26)24-18-6-4-5-17(23)19(18)25-7-9-27-10-8-25/h4-6,11-12H,7-10H2,1-3H3,(H,24,26). The molecule has 0 saturated carbocycles. The summed E-state index contributed by atoms with van der Waals surface area (Å²) in [6.45, 7) is 8.69. The van der Waals surface area contributed by atoms with E-state index in [0.29, 0.717) is 29.7 Å². The molecule has 0 spiro atoms. The molecule has 0 aliphatic carbocycles. The molecule has 3 aromatic rings. The van der Waals surface area contributed by atoms with E-state index in [9.17, 15) is 4.79 Å². The SMILES string of the molecule is Cc1cc(C)c2oc(C(=O)Nc3cccc(Cl)c3N3CCOCC3)c(C)c2c1. The van der Waals surface area contributed by atoms with E-state index in [1.165, 1.54) is 0 Å². The van der Waals surface area contributed by atoms with Crippen LogP contribution in [0.4, 0.5) is 11.4 Å². The van der Waals surface area contributed by atoms with Crippen molar-refractivity contribution in [1.29, 1.82) is 0 Å². The van der Waals surface area contributed by atoms with Gasteiger partial charge in [-0.3, -0.25) is 4.79 Å². The third-order valence-corrected chi connectivity index (χ3v) is 5.44. The zero-order valence-electron chi connectivity index (χ0n) is 16.3. The maximum atomic E-state index is 13.1. The molecule has 1 amide bonds. The van der Waals surface area contributed by atoms with E-state index in [1.54, 1.807) is 0 Å². The number of para-hydroxylation sites is 1. The minimum Gasteiger partial charge on any atom is -0.450 e. The largest absolute Gasteiger partial charge is 0.450 e. The van der Waals surface area contributed by atoms with Gasteiger partial charge in [0, 0.05) is 24.0 Å². The molecule has 0 bridgehead atoms. The van der Waals surface area contributed by atoms with E-state index in [1.807, 2.05) is 39.0 Å². The van der Waals surface area contributed by atoms with Gasteiger partial charge in [0.05, 0.1) is 29.6 Å².